The highest BCUT2D eigenvalue weighted by Gasteiger charge is 2.10. The first kappa shape index (κ1) is 11.7. The third kappa shape index (κ3) is 3.36. The van der Waals surface area contributed by atoms with Crippen LogP contribution in [0.25, 0.3) is 0 Å². The molecule has 0 spiro atoms. The zero-order valence-electron chi connectivity index (χ0n) is 8.26. The molecule has 0 bridgehead atoms. The molecule has 0 fully saturated rings. The minimum absolute atomic E-state index is 0.0658. The fraction of sp³-hybridized carbons (Fsp3) is 0.182. The van der Waals surface area contributed by atoms with Crippen LogP contribution in [-0.4, -0.2) is 5.91 Å². The van der Waals surface area contributed by atoms with E-state index in [0.29, 0.717) is 0 Å². The molecule has 15 heavy (non-hydrogen) atoms. The monoisotopic (exact) mass is 227 g/mol. The lowest BCUT2D eigenvalue weighted by Crippen LogP contribution is -2.26. The molecule has 4 heteroatoms. The fourth-order valence-electron chi connectivity index (χ4n) is 1.11. The molecule has 2 nitrogen and oxygen atoms in total. The predicted octanol–water partition coefficient (Wildman–Crippen LogP) is 2.76. The normalized spacial score (nSPS) is 11.9. The Labute approximate surface area is 92.7 Å². The van der Waals surface area contributed by atoms with E-state index in [1.165, 1.54) is 12.1 Å². The maximum Gasteiger partial charge on any atom is 0.262 e. The van der Waals surface area contributed by atoms with Crippen molar-refractivity contribution in [1.82, 2.24) is 5.32 Å². The third-order valence-electron chi connectivity index (χ3n) is 1.96. The summed E-state index contributed by atoms with van der Waals surface area (Å²) in [6.07, 6.45) is 0. The summed E-state index contributed by atoms with van der Waals surface area (Å²) in [6, 6.07) is 5.67. The second kappa shape index (κ2) is 4.94. The molecule has 0 aliphatic rings. The third-order valence-corrected chi connectivity index (χ3v) is 2.14. The second-order valence-corrected chi connectivity index (χ2v) is 3.61. The fourth-order valence-corrected chi connectivity index (χ4v) is 1.16. The van der Waals surface area contributed by atoms with E-state index in [-0.39, 0.29) is 16.9 Å². The highest BCUT2D eigenvalue weighted by Crippen LogP contribution is 2.13. The number of hydrogen-bond acceptors (Lipinski definition) is 1. The van der Waals surface area contributed by atoms with Gasteiger partial charge in [0.2, 0.25) is 0 Å². The van der Waals surface area contributed by atoms with Gasteiger partial charge in [0.15, 0.2) is 0 Å². The number of carbonyl (C=O) groups excluding carboxylic acids is 1. The van der Waals surface area contributed by atoms with Crippen LogP contribution in [-0.2, 0) is 4.79 Å². The number of hydrogen-bond donors (Lipinski definition) is 1. The van der Waals surface area contributed by atoms with E-state index in [4.69, 9.17) is 11.6 Å². The summed E-state index contributed by atoms with van der Waals surface area (Å²) in [7, 11) is 0. The van der Waals surface area contributed by atoms with Crippen LogP contribution >= 0.6 is 11.6 Å². The first-order valence-electron chi connectivity index (χ1n) is 4.41. The van der Waals surface area contributed by atoms with Gasteiger partial charge in [-0.2, -0.15) is 0 Å². The molecule has 0 radical (unpaired) electrons. The van der Waals surface area contributed by atoms with Crippen LogP contribution in [0.1, 0.15) is 18.5 Å². The first-order chi connectivity index (χ1) is 7.00. The predicted molar refractivity (Wildman–Crippen MR) is 58.0 cm³/mol. The lowest BCUT2D eigenvalue weighted by Gasteiger charge is -2.13. The van der Waals surface area contributed by atoms with Gasteiger partial charge in [-0.25, -0.2) is 4.39 Å². The Bertz CT molecular complexity index is 375. The standard InChI is InChI=1S/C11H11ClFNO/c1-7(12)11(15)14-8(2)9-3-5-10(13)6-4-9/h3-6,8H,1H2,2H3,(H,14,15)/t8-/m1/s1. The van der Waals surface area contributed by atoms with Gasteiger partial charge < -0.3 is 5.32 Å². The molecule has 0 saturated heterocycles. The number of amides is 1. The SMILES string of the molecule is C=C(Cl)C(=O)N[C@H](C)c1ccc(F)cc1. The summed E-state index contributed by atoms with van der Waals surface area (Å²) in [6.45, 7) is 5.09. The summed E-state index contributed by atoms with van der Waals surface area (Å²) in [4.78, 5) is 11.2. The molecule has 1 aromatic carbocycles. The smallest absolute Gasteiger partial charge is 0.262 e. The van der Waals surface area contributed by atoms with Gasteiger partial charge in [-0.15, -0.1) is 0 Å². The zero-order valence-corrected chi connectivity index (χ0v) is 9.01. The van der Waals surface area contributed by atoms with Gasteiger partial charge in [-0.05, 0) is 24.6 Å². The van der Waals surface area contributed by atoms with E-state index in [9.17, 15) is 9.18 Å². The minimum atomic E-state index is -0.423. The maximum absolute atomic E-state index is 12.6. The highest BCUT2D eigenvalue weighted by molar-refractivity contribution is 6.41. The summed E-state index contributed by atoms with van der Waals surface area (Å²) in [5.74, 6) is -0.729. The molecular weight excluding hydrogens is 217 g/mol. The highest BCUT2D eigenvalue weighted by atomic mass is 35.5. The zero-order chi connectivity index (χ0) is 11.4. The van der Waals surface area contributed by atoms with Crippen molar-refractivity contribution in [3.63, 3.8) is 0 Å². The molecule has 0 aliphatic heterocycles. The van der Waals surface area contributed by atoms with Crippen molar-refractivity contribution in [2.24, 2.45) is 0 Å². The first-order valence-corrected chi connectivity index (χ1v) is 4.79. The van der Waals surface area contributed by atoms with Gasteiger partial charge in [-0.3, -0.25) is 4.79 Å². The van der Waals surface area contributed by atoms with E-state index < -0.39 is 5.91 Å². The lowest BCUT2D eigenvalue weighted by atomic mass is 10.1. The number of carbonyl (C=O) groups is 1. The van der Waals surface area contributed by atoms with Crippen molar-refractivity contribution in [2.75, 3.05) is 0 Å². The Morgan fingerprint density at radius 3 is 2.47 bits per heavy atom. The van der Waals surface area contributed by atoms with E-state index >= 15 is 0 Å². The molecular formula is C11H11ClFNO. The molecule has 0 heterocycles. The van der Waals surface area contributed by atoms with Crippen molar-refractivity contribution in [2.45, 2.75) is 13.0 Å². The van der Waals surface area contributed by atoms with Crippen LogP contribution in [0.5, 0.6) is 0 Å². The van der Waals surface area contributed by atoms with Crippen LogP contribution in [0, 0.1) is 5.82 Å². The Hall–Kier alpha value is -1.35. The van der Waals surface area contributed by atoms with Gasteiger partial charge in [0.05, 0.1) is 11.1 Å². The lowest BCUT2D eigenvalue weighted by molar-refractivity contribution is -0.117. The van der Waals surface area contributed by atoms with E-state index in [0.717, 1.165) is 5.56 Å². The molecule has 1 aromatic rings. The van der Waals surface area contributed by atoms with Gasteiger partial charge in [0.1, 0.15) is 5.82 Å². The largest absolute Gasteiger partial charge is 0.345 e. The average molecular weight is 228 g/mol. The minimum Gasteiger partial charge on any atom is -0.345 e. The molecule has 1 amide bonds. The Kier molecular flexibility index (Phi) is 3.86. The quantitative estimate of drug-likeness (QED) is 0.791. The van der Waals surface area contributed by atoms with Crippen LogP contribution in [0.2, 0.25) is 0 Å². The molecule has 0 aromatic heterocycles. The summed E-state index contributed by atoms with van der Waals surface area (Å²) >= 11 is 5.42. The summed E-state index contributed by atoms with van der Waals surface area (Å²) in [5.41, 5.74) is 0.808. The van der Waals surface area contributed by atoms with Crippen LogP contribution in [0.15, 0.2) is 35.9 Å². The topological polar surface area (TPSA) is 29.1 Å². The van der Waals surface area contributed by atoms with Crippen molar-refractivity contribution in [3.05, 3.63) is 47.3 Å². The molecule has 1 rings (SSSR count). The number of nitrogens with one attached hydrogen (secondary N) is 1. The molecule has 1 N–H and O–H groups in total. The maximum atomic E-state index is 12.6. The number of rotatable bonds is 3. The Balaban J connectivity index is 2.69. The summed E-state index contributed by atoms with van der Waals surface area (Å²) in [5, 5.41) is 2.56. The Morgan fingerprint density at radius 1 is 1.47 bits per heavy atom. The number of halogens is 2. The van der Waals surface area contributed by atoms with Gasteiger partial charge >= 0.3 is 0 Å². The Morgan fingerprint density at radius 2 is 2.00 bits per heavy atom. The van der Waals surface area contributed by atoms with Crippen LogP contribution in [0.3, 0.4) is 0 Å². The van der Waals surface area contributed by atoms with E-state index in [1.807, 2.05) is 0 Å². The van der Waals surface area contributed by atoms with Crippen molar-refractivity contribution in [1.29, 1.82) is 0 Å². The second-order valence-electron chi connectivity index (χ2n) is 3.15. The molecule has 80 valence electrons. The molecule has 0 aliphatic carbocycles. The average Bonchev–Trinajstić information content (AvgIpc) is 2.18. The van der Waals surface area contributed by atoms with Crippen LogP contribution in [0.4, 0.5) is 4.39 Å². The summed E-state index contributed by atoms with van der Waals surface area (Å²) < 4.78 is 12.6. The molecule has 0 saturated carbocycles. The van der Waals surface area contributed by atoms with E-state index in [2.05, 4.69) is 11.9 Å². The molecule has 1 atom stereocenters. The van der Waals surface area contributed by atoms with Gasteiger partial charge in [0, 0.05) is 0 Å². The molecule has 0 unspecified atom stereocenters. The number of benzene rings is 1. The van der Waals surface area contributed by atoms with Crippen molar-refractivity contribution in [3.8, 4) is 0 Å². The van der Waals surface area contributed by atoms with Gasteiger partial charge in [-0.1, -0.05) is 30.3 Å². The van der Waals surface area contributed by atoms with Gasteiger partial charge in [0.25, 0.3) is 5.91 Å². The van der Waals surface area contributed by atoms with Crippen molar-refractivity contribution < 1.29 is 9.18 Å². The van der Waals surface area contributed by atoms with Crippen molar-refractivity contribution >= 4 is 17.5 Å². The van der Waals surface area contributed by atoms with E-state index in [1.54, 1.807) is 19.1 Å². The van der Waals surface area contributed by atoms with Crippen LogP contribution < -0.4 is 5.32 Å².